The molecular formula is C20H23NO4. The van der Waals surface area contributed by atoms with Crippen LogP contribution in [0, 0.1) is 11.8 Å². The average molecular weight is 341 g/mol. The highest BCUT2D eigenvalue weighted by atomic mass is 16.5. The summed E-state index contributed by atoms with van der Waals surface area (Å²) in [5.41, 5.74) is 0. The van der Waals surface area contributed by atoms with E-state index in [-0.39, 0.29) is 6.10 Å². The Morgan fingerprint density at radius 3 is 2.36 bits per heavy atom. The van der Waals surface area contributed by atoms with Gasteiger partial charge in [-0.1, -0.05) is 12.1 Å². The molecule has 0 aromatic heterocycles. The first-order valence-corrected chi connectivity index (χ1v) is 8.93. The quantitative estimate of drug-likeness (QED) is 0.913. The predicted octanol–water partition coefficient (Wildman–Crippen LogP) is 4.01. The molecule has 2 aromatic rings. The summed E-state index contributed by atoms with van der Waals surface area (Å²) in [5.74, 6) is 2.62. The Morgan fingerprint density at radius 1 is 1.08 bits per heavy atom. The smallest absolute Gasteiger partial charge is 0.407 e. The molecule has 1 aliphatic heterocycles. The van der Waals surface area contributed by atoms with Crippen LogP contribution in [0.2, 0.25) is 0 Å². The van der Waals surface area contributed by atoms with Gasteiger partial charge in [0.25, 0.3) is 0 Å². The topological polar surface area (TPSA) is 59.0 Å². The van der Waals surface area contributed by atoms with Crippen molar-refractivity contribution in [2.24, 2.45) is 11.8 Å². The highest BCUT2D eigenvalue weighted by Crippen LogP contribution is 2.40. The molecule has 3 atom stereocenters. The zero-order valence-corrected chi connectivity index (χ0v) is 14.4. The fourth-order valence-corrected chi connectivity index (χ4v) is 4.22. The van der Waals surface area contributed by atoms with E-state index in [4.69, 9.17) is 14.6 Å². The normalized spacial score (nSPS) is 25.2. The van der Waals surface area contributed by atoms with E-state index >= 15 is 0 Å². The van der Waals surface area contributed by atoms with Gasteiger partial charge in [0, 0.05) is 13.1 Å². The van der Waals surface area contributed by atoms with Gasteiger partial charge < -0.3 is 19.5 Å². The second kappa shape index (κ2) is 6.47. The van der Waals surface area contributed by atoms with Gasteiger partial charge in [-0.3, -0.25) is 0 Å². The van der Waals surface area contributed by atoms with Gasteiger partial charge in [-0.25, -0.2) is 4.79 Å². The summed E-state index contributed by atoms with van der Waals surface area (Å²) in [7, 11) is 0. The Balaban J connectivity index is 1.44. The molecule has 0 radical (unpaired) electrons. The van der Waals surface area contributed by atoms with Crippen LogP contribution >= 0.6 is 0 Å². The van der Waals surface area contributed by atoms with Crippen LogP contribution in [0.15, 0.2) is 36.4 Å². The van der Waals surface area contributed by atoms with Crippen molar-refractivity contribution in [3.8, 4) is 11.5 Å². The van der Waals surface area contributed by atoms with Crippen molar-refractivity contribution in [3.63, 3.8) is 0 Å². The lowest BCUT2D eigenvalue weighted by Crippen LogP contribution is -2.29. The summed E-state index contributed by atoms with van der Waals surface area (Å²) in [5, 5.41) is 11.4. The summed E-state index contributed by atoms with van der Waals surface area (Å²) in [4.78, 5) is 12.6. The Morgan fingerprint density at radius 2 is 1.72 bits per heavy atom. The number of carboxylic acid groups (broad SMARTS) is 1. The molecule has 0 bridgehead atoms. The molecule has 1 unspecified atom stereocenters. The molecule has 1 saturated carbocycles. The molecule has 132 valence electrons. The number of likely N-dealkylation sites (tertiary alicyclic amines) is 1. The van der Waals surface area contributed by atoms with E-state index in [1.165, 1.54) is 4.90 Å². The minimum atomic E-state index is -0.800. The Bertz CT molecular complexity index is 776. The van der Waals surface area contributed by atoms with E-state index < -0.39 is 6.09 Å². The van der Waals surface area contributed by atoms with Crippen molar-refractivity contribution >= 4 is 16.9 Å². The lowest BCUT2D eigenvalue weighted by atomic mass is 10.0. The van der Waals surface area contributed by atoms with Gasteiger partial charge in [-0.05, 0) is 66.6 Å². The molecule has 1 aliphatic carbocycles. The van der Waals surface area contributed by atoms with Crippen LogP contribution < -0.4 is 9.47 Å². The summed E-state index contributed by atoms with van der Waals surface area (Å²) in [6, 6.07) is 12.2. The van der Waals surface area contributed by atoms with Crippen molar-refractivity contribution in [3.05, 3.63) is 36.4 Å². The third-order valence-electron chi connectivity index (χ3n) is 5.38. The molecule has 4 rings (SSSR count). The maximum Gasteiger partial charge on any atom is 0.407 e. The van der Waals surface area contributed by atoms with Crippen molar-refractivity contribution in [1.82, 2.24) is 4.90 Å². The number of ether oxygens (including phenoxy) is 2. The third kappa shape index (κ3) is 3.23. The number of nitrogens with zero attached hydrogens (tertiary/aromatic N) is 1. The predicted molar refractivity (Wildman–Crippen MR) is 95.3 cm³/mol. The van der Waals surface area contributed by atoms with E-state index in [0.29, 0.717) is 31.5 Å². The number of fused-ring (bicyclic) bond motifs is 2. The van der Waals surface area contributed by atoms with Gasteiger partial charge in [0.05, 0.1) is 12.7 Å². The number of rotatable bonds is 4. The molecule has 1 saturated heterocycles. The molecule has 25 heavy (non-hydrogen) atoms. The van der Waals surface area contributed by atoms with Gasteiger partial charge in [-0.15, -0.1) is 0 Å². The molecule has 5 heteroatoms. The average Bonchev–Trinajstić information content (AvgIpc) is 3.13. The highest BCUT2D eigenvalue weighted by Gasteiger charge is 2.43. The van der Waals surface area contributed by atoms with Gasteiger partial charge in [0.15, 0.2) is 0 Å². The second-order valence-electron chi connectivity index (χ2n) is 7.02. The van der Waals surface area contributed by atoms with Gasteiger partial charge in [0.1, 0.15) is 11.5 Å². The minimum absolute atomic E-state index is 0.179. The summed E-state index contributed by atoms with van der Waals surface area (Å²) >= 11 is 0. The molecular weight excluding hydrogens is 318 g/mol. The molecule has 2 fully saturated rings. The van der Waals surface area contributed by atoms with Crippen molar-refractivity contribution in [1.29, 1.82) is 0 Å². The van der Waals surface area contributed by atoms with Crippen LogP contribution in [0.1, 0.15) is 19.8 Å². The van der Waals surface area contributed by atoms with Crippen molar-refractivity contribution < 1.29 is 19.4 Å². The van der Waals surface area contributed by atoms with Gasteiger partial charge in [0.2, 0.25) is 0 Å². The molecule has 1 heterocycles. The van der Waals surface area contributed by atoms with E-state index in [0.717, 1.165) is 35.1 Å². The monoisotopic (exact) mass is 341 g/mol. The number of hydrogen-bond donors (Lipinski definition) is 1. The van der Waals surface area contributed by atoms with Crippen LogP contribution in [0.3, 0.4) is 0 Å². The van der Waals surface area contributed by atoms with Crippen molar-refractivity contribution in [2.75, 3.05) is 19.7 Å². The SMILES string of the molecule is CCOc1ccc2ccc(OC3C[C@@H]4CN(C(=O)O)C[C@@H]4C3)cc2c1. The molecule has 1 amide bonds. The van der Waals surface area contributed by atoms with E-state index in [1.54, 1.807) is 0 Å². The lowest BCUT2D eigenvalue weighted by Gasteiger charge is -2.18. The molecule has 2 aliphatic rings. The zero-order chi connectivity index (χ0) is 17.4. The number of hydrogen-bond acceptors (Lipinski definition) is 3. The maximum atomic E-state index is 11.1. The van der Waals surface area contributed by atoms with Crippen LogP contribution in [0.25, 0.3) is 10.8 Å². The Labute approximate surface area is 147 Å². The summed E-state index contributed by atoms with van der Waals surface area (Å²) in [6.45, 7) is 3.93. The van der Waals surface area contributed by atoms with Crippen LogP contribution in [-0.4, -0.2) is 41.9 Å². The first kappa shape index (κ1) is 16.1. The third-order valence-corrected chi connectivity index (χ3v) is 5.38. The fraction of sp³-hybridized carbons (Fsp3) is 0.450. The Kier molecular flexibility index (Phi) is 4.15. The maximum absolute atomic E-state index is 11.1. The molecule has 5 nitrogen and oxygen atoms in total. The molecule has 0 spiro atoms. The van der Waals surface area contributed by atoms with Gasteiger partial charge in [-0.2, -0.15) is 0 Å². The van der Waals surface area contributed by atoms with E-state index in [2.05, 4.69) is 18.2 Å². The second-order valence-corrected chi connectivity index (χ2v) is 7.02. The number of benzene rings is 2. The minimum Gasteiger partial charge on any atom is -0.494 e. The lowest BCUT2D eigenvalue weighted by molar-refractivity contribution is 0.144. The summed E-state index contributed by atoms with van der Waals surface area (Å²) < 4.78 is 11.8. The highest BCUT2D eigenvalue weighted by molar-refractivity contribution is 5.85. The van der Waals surface area contributed by atoms with Crippen LogP contribution in [-0.2, 0) is 0 Å². The van der Waals surface area contributed by atoms with E-state index in [9.17, 15) is 4.79 Å². The standard InChI is InChI=1S/C20H23NO4/c1-2-24-17-5-3-13-4-6-18(8-14(13)7-17)25-19-9-15-11-21(20(22)23)12-16(15)10-19/h3-8,15-16,19H,2,9-12H2,1H3,(H,22,23)/t15-,16+,19?. The number of amides is 1. The van der Waals surface area contributed by atoms with Crippen LogP contribution in [0.5, 0.6) is 11.5 Å². The first-order valence-electron chi connectivity index (χ1n) is 8.93. The van der Waals surface area contributed by atoms with Gasteiger partial charge >= 0.3 is 6.09 Å². The largest absolute Gasteiger partial charge is 0.494 e. The summed E-state index contributed by atoms with van der Waals surface area (Å²) in [6.07, 6.45) is 1.25. The van der Waals surface area contributed by atoms with Crippen LogP contribution in [0.4, 0.5) is 4.79 Å². The fourth-order valence-electron chi connectivity index (χ4n) is 4.22. The number of carbonyl (C=O) groups is 1. The zero-order valence-electron chi connectivity index (χ0n) is 14.4. The first-order chi connectivity index (χ1) is 12.1. The molecule has 2 aromatic carbocycles. The van der Waals surface area contributed by atoms with E-state index in [1.807, 2.05) is 25.1 Å². The van der Waals surface area contributed by atoms with Crippen molar-refractivity contribution in [2.45, 2.75) is 25.9 Å². The molecule has 1 N–H and O–H groups in total. The Hall–Kier alpha value is -2.43.